The van der Waals surface area contributed by atoms with Gasteiger partial charge in [0.25, 0.3) is 0 Å². The van der Waals surface area contributed by atoms with Crippen molar-refractivity contribution in [3.05, 3.63) is 29.3 Å². The van der Waals surface area contributed by atoms with Crippen LogP contribution in [-0.2, 0) is 0 Å². The molecule has 0 atom stereocenters. The highest BCUT2D eigenvalue weighted by atomic mass is 16.5. The van der Waals surface area contributed by atoms with Crippen LogP contribution in [-0.4, -0.2) is 19.1 Å². The molecule has 0 aliphatic heterocycles. The Kier molecular flexibility index (Phi) is 2.69. The van der Waals surface area contributed by atoms with Gasteiger partial charge >= 0.3 is 0 Å². The lowest BCUT2D eigenvalue weighted by atomic mass is 10.1. The number of aromatic nitrogens is 1. The average Bonchev–Trinajstić information content (AvgIpc) is 2.30. The van der Waals surface area contributed by atoms with Crippen LogP contribution in [0.4, 0.5) is 5.82 Å². The highest BCUT2D eigenvalue weighted by Gasteiger charge is 2.08. The Hall–Kier alpha value is -1.77. The lowest BCUT2D eigenvalue weighted by Crippen LogP contribution is -1.98. The Morgan fingerprint density at radius 3 is 2.56 bits per heavy atom. The molecule has 0 fully saturated rings. The first kappa shape index (κ1) is 10.7. The topological polar surface area (TPSA) is 34.2 Å². The van der Waals surface area contributed by atoms with Gasteiger partial charge in [-0.3, -0.25) is 0 Å². The molecule has 2 rings (SSSR count). The number of pyridine rings is 1. The molecule has 0 aliphatic carbocycles. The fraction of sp³-hybridized carbons (Fsp3) is 0.308. The summed E-state index contributed by atoms with van der Waals surface area (Å²) in [6.45, 7) is 4.14. The Morgan fingerprint density at radius 1 is 1.19 bits per heavy atom. The van der Waals surface area contributed by atoms with E-state index >= 15 is 0 Å². The van der Waals surface area contributed by atoms with Crippen molar-refractivity contribution in [1.82, 2.24) is 4.98 Å². The van der Waals surface area contributed by atoms with Crippen molar-refractivity contribution in [2.75, 3.05) is 19.5 Å². The maximum atomic E-state index is 5.33. The van der Waals surface area contributed by atoms with Crippen molar-refractivity contribution in [1.29, 1.82) is 0 Å². The van der Waals surface area contributed by atoms with Gasteiger partial charge in [0.15, 0.2) is 0 Å². The van der Waals surface area contributed by atoms with E-state index in [-0.39, 0.29) is 0 Å². The Balaban J connectivity index is 2.83. The standard InChI is InChI=1S/C13H16N2O/c1-8-5-6-11(16-4)12-10(8)7-9(2)13(14-3)15-12/h5-7H,1-4H3,(H,14,15). The van der Waals surface area contributed by atoms with Gasteiger partial charge in [0.05, 0.1) is 7.11 Å². The van der Waals surface area contributed by atoms with Crippen molar-refractivity contribution in [3.63, 3.8) is 0 Å². The number of nitrogens with one attached hydrogen (secondary N) is 1. The molecule has 0 amide bonds. The normalized spacial score (nSPS) is 10.5. The number of benzene rings is 1. The van der Waals surface area contributed by atoms with E-state index in [1.54, 1.807) is 7.11 Å². The molecular formula is C13H16N2O. The van der Waals surface area contributed by atoms with E-state index < -0.39 is 0 Å². The molecule has 0 unspecified atom stereocenters. The summed E-state index contributed by atoms with van der Waals surface area (Å²) in [5.74, 6) is 1.72. The van der Waals surface area contributed by atoms with Crippen LogP contribution >= 0.6 is 0 Å². The van der Waals surface area contributed by atoms with Crippen molar-refractivity contribution in [2.24, 2.45) is 0 Å². The minimum atomic E-state index is 0.817. The number of nitrogens with zero attached hydrogens (tertiary/aromatic N) is 1. The predicted octanol–water partition coefficient (Wildman–Crippen LogP) is 2.90. The number of aryl methyl sites for hydroxylation is 2. The second-order valence-corrected chi connectivity index (χ2v) is 3.88. The highest BCUT2D eigenvalue weighted by molar-refractivity contribution is 5.89. The summed E-state index contributed by atoms with van der Waals surface area (Å²) < 4.78 is 5.33. The third kappa shape index (κ3) is 1.58. The number of anilines is 1. The molecule has 0 saturated carbocycles. The first-order valence-corrected chi connectivity index (χ1v) is 5.30. The Labute approximate surface area is 95.5 Å². The van der Waals surface area contributed by atoms with Gasteiger partial charge in [0.2, 0.25) is 0 Å². The summed E-state index contributed by atoms with van der Waals surface area (Å²) in [4.78, 5) is 4.59. The molecule has 1 aromatic carbocycles. The van der Waals surface area contributed by atoms with Gasteiger partial charge in [-0.1, -0.05) is 6.07 Å². The number of hydrogen-bond acceptors (Lipinski definition) is 3. The van der Waals surface area contributed by atoms with E-state index in [1.165, 1.54) is 5.56 Å². The third-order valence-corrected chi connectivity index (χ3v) is 2.81. The molecule has 1 heterocycles. The maximum Gasteiger partial charge on any atom is 0.145 e. The van der Waals surface area contributed by atoms with Gasteiger partial charge in [0.1, 0.15) is 17.1 Å². The summed E-state index contributed by atoms with van der Waals surface area (Å²) in [6, 6.07) is 6.16. The number of rotatable bonds is 2. The van der Waals surface area contributed by atoms with Crippen molar-refractivity contribution in [3.8, 4) is 5.75 Å². The summed E-state index contributed by atoms with van der Waals surface area (Å²) in [6.07, 6.45) is 0. The van der Waals surface area contributed by atoms with E-state index in [4.69, 9.17) is 4.74 Å². The lowest BCUT2D eigenvalue weighted by Gasteiger charge is -2.11. The fourth-order valence-corrected chi connectivity index (χ4v) is 1.89. The minimum absolute atomic E-state index is 0.817. The smallest absolute Gasteiger partial charge is 0.145 e. The zero-order valence-electron chi connectivity index (χ0n) is 10.1. The molecule has 84 valence electrons. The van der Waals surface area contributed by atoms with E-state index in [1.807, 2.05) is 13.1 Å². The molecule has 0 radical (unpaired) electrons. The number of fused-ring (bicyclic) bond motifs is 1. The summed E-state index contributed by atoms with van der Waals surface area (Å²) >= 11 is 0. The van der Waals surface area contributed by atoms with Gasteiger partial charge in [-0.2, -0.15) is 0 Å². The van der Waals surface area contributed by atoms with Crippen molar-refractivity contribution in [2.45, 2.75) is 13.8 Å². The fourth-order valence-electron chi connectivity index (χ4n) is 1.89. The van der Waals surface area contributed by atoms with E-state index in [0.717, 1.165) is 28.0 Å². The second-order valence-electron chi connectivity index (χ2n) is 3.88. The first-order chi connectivity index (χ1) is 7.67. The molecule has 16 heavy (non-hydrogen) atoms. The van der Waals surface area contributed by atoms with Crippen LogP contribution in [0, 0.1) is 13.8 Å². The van der Waals surface area contributed by atoms with Gasteiger partial charge in [-0.25, -0.2) is 4.98 Å². The van der Waals surface area contributed by atoms with Crippen LogP contribution in [0.25, 0.3) is 10.9 Å². The molecule has 0 saturated heterocycles. The Bertz CT molecular complexity index is 535. The molecule has 0 spiro atoms. The van der Waals surface area contributed by atoms with Crippen LogP contribution in [0.1, 0.15) is 11.1 Å². The van der Waals surface area contributed by atoms with Crippen LogP contribution in [0.5, 0.6) is 5.75 Å². The van der Waals surface area contributed by atoms with Gasteiger partial charge in [-0.05, 0) is 37.1 Å². The molecule has 1 aromatic heterocycles. The number of ether oxygens (including phenoxy) is 1. The molecule has 0 bridgehead atoms. The SMILES string of the molecule is CNc1nc2c(OC)ccc(C)c2cc1C. The number of methoxy groups -OCH3 is 1. The molecule has 2 aromatic rings. The zero-order chi connectivity index (χ0) is 11.7. The molecule has 3 heteroatoms. The third-order valence-electron chi connectivity index (χ3n) is 2.81. The van der Waals surface area contributed by atoms with E-state index in [2.05, 4.69) is 36.3 Å². The Morgan fingerprint density at radius 2 is 1.94 bits per heavy atom. The summed E-state index contributed by atoms with van der Waals surface area (Å²) in [5, 5.41) is 4.24. The monoisotopic (exact) mass is 216 g/mol. The minimum Gasteiger partial charge on any atom is -0.494 e. The quantitative estimate of drug-likeness (QED) is 0.838. The van der Waals surface area contributed by atoms with Crippen LogP contribution < -0.4 is 10.1 Å². The largest absolute Gasteiger partial charge is 0.494 e. The molecule has 0 aliphatic rings. The lowest BCUT2D eigenvalue weighted by molar-refractivity contribution is 0.419. The van der Waals surface area contributed by atoms with Gasteiger partial charge in [0, 0.05) is 12.4 Å². The molecule has 1 N–H and O–H groups in total. The molecular weight excluding hydrogens is 200 g/mol. The summed E-state index contributed by atoms with van der Waals surface area (Å²) in [5.41, 5.74) is 3.28. The number of hydrogen-bond donors (Lipinski definition) is 1. The van der Waals surface area contributed by atoms with E-state index in [0.29, 0.717) is 0 Å². The predicted molar refractivity (Wildman–Crippen MR) is 67.3 cm³/mol. The van der Waals surface area contributed by atoms with Crippen LogP contribution in [0.15, 0.2) is 18.2 Å². The highest BCUT2D eigenvalue weighted by Crippen LogP contribution is 2.29. The van der Waals surface area contributed by atoms with Crippen molar-refractivity contribution < 1.29 is 4.74 Å². The maximum absolute atomic E-state index is 5.33. The van der Waals surface area contributed by atoms with Gasteiger partial charge < -0.3 is 10.1 Å². The molecule has 3 nitrogen and oxygen atoms in total. The van der Waals surface area contributed by atoms with Crippen molar-refractivity contribution >= 4 is 16.7 Å². The van der Waals surface area contributed by atoms with Crippen LogP contribution in [0.3, 0.4) is 0 Å². The second kappa shape index (κ2) is 4.00. The van der Waals surface area contributed by atoms with E-state index in [9.17, 15) is 0 Å². The zero-order valence-corrected chi connectivity index (χ0v) is 10.1. The first-order valence-electron chi connectivity index (χ1n) is 5.30. The summed E-state index contributed by atoms with van der Waals surface area (Å²) in [7, 11) is 3.55. The van der Waals surface area contributed by atoms with Crippen LogP contribution in [0.2, 0.25) is 0 Å². The van der Waals surface area contributed by atoms with Gasteiger partial charge in [-0.15, -0.1) is 0 Å². The average molecular weight is 216 g/mol.